The Labute approximate surface area is 144 Å². The highest BCUT2D eigenvalue weighted by atomic mass is 32.2. The van der Waals surface area contributed by atoms with Gasteiger partial charge in [0.25, 0.3) is 0 Å². The topological polar surface area (TPSA) is 88.2 Å². The Balaban J connectivity index is 1.86. The zero-order valence-corrected chi connectivity index (χ0v) is 14.2. The number of halogens is 2. The maximum atomic E-state index is 13.1. The highest BCUT2D eigenvalue weighted by molar-refractivity contribution is 7.89. The average Bonchev–Trinajstić information content (AvgIpc) is 2.57. The number of nitrogens with zero attached hydrogens (tertiary/aromatic N) is 1. The Morgan fingerprint density at radius 2 is 1.96 bits per heavy atom. The number of amides is 1. The van der Waals surface area contributed by atoms with Crippen LogP contribution in [0.1, 0.15) is 25.1 Å². The van der Waals surface area contributed by atoms with Crippen molar-refractivity contribution in [1.29, 1.82) is 0 Å². The van der Waals surface area contributed by atoms with Gasteiger partial charge in [0.1, 0.15) is 0 Å². The molecule has 2 rings (SSSR count). The summed E-state index contributed by atoms with van der Waals surface area (Å²) in [4.78, 5) is 15.6. The van der Waals surface area contributed by atoms with Crippen LogP contribution < -0.4 is 10.0 Å². The summed E-state index contributed by atoms with van der Waals surface area (Å²) in [6.45, 7) is 1.58. The molecule has 0 aliphatic carbocycles. The molecule has 1 aromatic heterocycles. The van der Waals surface area contributed by atoms with E-state index in [4.69, 9.17) is 0 Å². The summed E-state index contributed by atoms with van der Waals surface area (Å²) in [5.74, 6) is -2.77. The van der Waals surface area contributed by atoms with Crippen molar-refractivity contribution in [3.63, 3.8) is 0 Å². The molecule has 1 heterocycles. The molecular weight excluding hydrogens is 352 g/mol. The Bertz CT molecular complexity index is 845. The summed E-state index contributed by atoms with van der Waals surface area (Å²) in [7, 11) is -4.02. The maximum Gasteiger partial charge on any atom is 0.240 e. The predicted molar refractivity (Wildman–Crippen MR) is 87.0 cm³/mol. The number of rotatable bonds is 7. The first-order valence-electron chi connectivity index (χ1n) is 7.44. The van der Waals surface area contributed by atoms with Crippen molar-refractivity contribution in [1.82, 2.24) is 15.0 Å². The molecule has 1 atom stereocenters. The lowest BCUT2D eigenvalue weighted by Gasteiger charge is -2.13. The number of carbonyl (C=O) groups excluding carboxylic acids is 1. The number of nitrogens with one attached hydrogen (secondary N) is 2. The van der Waals surface area contributed by atoms with Gasteiger partial charge in [-0.2, -0.15) is 0 Å². The van der Waals surface area contributed by atoms with E-state index < -0.39 is 26.6 Å². The molecule has 6 nitrogen and oxygen atoms in total. The van der Waals surface area contributed by atoms with Gasteiger partial charge in [-0.25, -0.2) is 21.9 Å². The second-order valence-corrected chi connectivity index (χ2v) is 7.03. The van der Waals surface area contributed by atoms with Crippen LogP contribution in [0.5, 0.6) is 0 Å². The minimum Gasteiger partial charge on any atom is -0.348 e. The van der Waals surface area contributed by atoms with Gasteiger partial charge in [-0.05, 0) is 37.3 Å². The van der Waals surface area contributed by atoms with Crippen LogP contribution in [0, 0.1) is 11.6 Å². The first-order chi connectivity index (χ1) is 11.8. The Morgan fingerprint density at radius 3 is 2.60 bits per heavy atom. The lowest BCUT2D eigenvalue weighted by atomic mass is 10.2. The van der Waals surface area contributed by atoms with Crippen molar-refractivity contribution in [2.75, 3.05) is 6.54 Å². The maximum absolute atomic E-state index is 13.1. The third kappa shape index (κ3) is 5.30. The zero-order valence-electron chi connectivity index (χ0n) is 13.4. The summed E-state index contributed by atoms with van der Waals surface area (Å²) >= 11 is 0. The van der Waals surface area contributed by atoms with Crippen LogP contribution in [-0.2, 0) is 14.8 Å². The van der Waals surface area contributed by atoms with Gasteiger partial charge >= 0.3 is 0 Å². The average molecular weight is 369 g/mol. The number of hydrogen-bond acceptors (Lipinski definition) is 4. The van der Waals surface area contributed by atoms with Gasteiger partial charge in [-0.3, -0.25) is 9.78 Å². The summed E-state index contributed by atoms with van der Waals surface area (Å²) in [5.41, 5.74) is 0.679. The summed E-state index contributed by atoms with van der Waals surface area (Å²) < 4.78 is 52.1. The number of pyridine rings is 1. The van der Waals surface area contributed by atoms with Crippen molar-refractivity contribution < 1.29 is 22.0 Å². The van der Waals surface area contributed by atoms with Crippen LogP contribution in [-0.4, -0.2) is 25.9 Å². The predicted octanol–water partition coefficient (Wildman–Crippen LogP) is 1.91. The highest BCUT2D eigenvalue weighted by Crippen LogP contribution is 2.13. The van der Waals surface area contributed by atoms with E-state index in [1.54, 1.807) is 31.3 Å². The molecule has 2 N–H and O–H groups in total. The lowest BCUT2D eigenvalue weighted by Crippen LogP contribution is -2.32. The molecular formula is C16H17F2N3O3S. The van der Waals surface area contributed by atoms with E-state index in [9.17, 15) is 22.0 Å². The van der Waals surface area contributed by atoms with Gasteiger partial charge in [0.2, 0.25) is 15.9 Å². The van der Waals surface area contributed by atoms with E-state index in [1.807, 2.05) is 0 Å². The third-order valence-corrected chi connectivity index (χ3v) is 4.81. The van der Waals surface area contributed by atoms with Gasteiger partial charge in [-0.1, -0.05) is 6.07 Å². The molecule has 9 heteroatoms. The van der Waals surface area contributed by atoms with E-state index >= 15 is 0 Å². The Morgan fingerprint density at radius 1 is 1.20 bits per heavy atom. The normalized spacial score (nSPS) is 12.6. The lowest BCUT2D eigenvalue weighted by molar-refractivity contribution is -0.121. The summed E-state index contributed by atoms with van der Waals surface area (Å²) in [6, 6.07) is 7.25. The van der Waals surface area contributed by atoms with Crippen LogP contribution >= 0.6 is 0 Å². The molecule has 1 amide bonds. The highest BCUT2D eigenvalue weighted by Gasteiger charge is 2.17. The monoisotopic (exact) mass is 369 g/mol. The quantitative estimate of drug-likeness (QED) is 0.780. The second kappa shape index (κ2) is 8.13. The van der Waals surface area contributed by atoms with E-state index in [0.29, 0.717) is 11.8 Å². The number of benzene rings is 1. The fourth-order valence-corrected chi connectivity index (χ4v) is 3.09. The first-order valence-corrected chi connectivity index (χ1v) is 8.93. The smallest absolute Gasteiger partial charge is 0.240 e. The largest absolute Gasteiger partial charge is 0.348 e. The number of carbonyl (C=O) groups is 1. The Kier molecular flexibility index (Phi) is 6.16. The molecule has 0 bridgehead atoms. The Hall–Kier alpha value is -2.39. The van der Waals surface area contributed by atoms with Crippen LogP contribution in [0.3, 0.4) is 0 Å². The van der Waals surface area contributed by atoms with Crippen LogP contribution in [0.25, 0.3) is 0 Å². The van der Waals surface area contributed by atoms with Crippen LogP contribution in [0.4, 0.5) is 8.78 Å². The fraction of sp³-hybridized carbons (Fsp3) is 0.250. The van der Waals surface area contributed by atoms with Gasteiger partial charge < -0.3 is 5.32 Å². The molecule has 0 radical (unpaired) electrons. The fourth-order valence-electron chi connectivity index (χ4n) is 2.05. The van der Waals surface area contributed by atoms with Crippen LogP contribution in [0.15, 0.2) is 47.5 Å². The molecule has 0 aliphatic heterocycles. The minimum atomic E-state index is -4.02. The van der Waals surface area contributed by atoms with Crippen molar-refractivity contribution in [3.05, 3.63) is 59.9 Å². The first kappa shape index (κ1) is 18.9. The minimum absolute atomic E-state index is 0.111. The SMILES string of the molecule is CC(NC(=O)CCNS(=O)(=O)c1ccc(F)c(F)c1)c1ccccn1. The molecule has 0 saturated carbocycles. The van der Waals surface area contributed by atoms with Gasteiger partial charge in [0.15, 0.2) is 11.6 Å². The summed E-state index contributed by atoms with van der Waals surface area (Å²) in [5, 5.41) is 2.69. The zero-order chi connectivity index (χ0) is 18.4. The van der Waals surface area contributed by atoms with Crippen LogP contribution in [0.2, 0.25) is 0 Å². The van der Waals surface area contributed by atoms with Gasteiger partial charge in [-0.15, -0.1) is 0 Å². The molecule has 0 saturated heterocycles. The van der Waals surface area contributed by atoms with E-state index in [1.165, 1.54) is 0 Å². The van der Waals surface area contributed by atoms with Crippen molar-refractivity contribution in [2.45, 2.75) is 24.3 Å². The molecule has 25 heavy (non-hydrogen) atoms. The standard InChI is InChI=1S/C16H17F2N3O3S/c1-11(15-4-2-3-8-19-15)21-16(22)7-9-20-25(23,24)12-5-6-13(17)14(18)10-12/h2-6,8,10-11,20H,7,9H2,1H3,(H,21,22). The molecule has 0 spiro atoms. The summed E-state index contributed by atoms with van der Waals surface area (Å²) in [6.07, 6.45) is 1.49. The molecule has 1 aromatic carbocycles. The van der Waals surface area contributed by atoms with Gasteiger partial charge in [0, 0.05) is 19.2 Å². The van der Waals surface area contributed by atoms with Crippen molar-refractivity contribution >= 4 is 15.9 Å². The van der Waals surface area contributed by atoms with Gasteiger partial charge in [0.05, 0.1) is 16.6 Å². The number of aromatic nitrogens is 1. The van der Waals surface area contributed by atoms with Crippen molar-refractivity contribution in [3.8, 4) is 0 Å². The third-order valence-electron chi connectivity index (χ3n) is 3.35. The molecule has 2 aromatic rings. The second-order valence-electron chi connectivity index (χ2n) is 5.27. The molecule has 134 valence electrons. The van der Waals surface area contributed by atoms with E-state index in [2.05, 4.69) is 15.0 Å². The van der Waals surface area contributed by atoms with Crippen molar-refractivity contribution in [2.24, 2.45) is 0 Å². The molecule has 0 aliphatic rings. The molecule has 0 fully saturated rings. The van der Waals surface area contributed by atoms with E-state index in [-0.39, 0.29) is 24.9 Å². The van der Waals surface area contributed by atoms with E-state index in [0.717, 1.165) is 12.1 Å². The number of hydrogen-bond donors (Lipinski definition) is 2. The molecule has 1 unspecified atom stereocenters. The number of sulfonamides is 1.